The Balaban J connectivity index is 3.03. The molecular weight excluding hydrogens is 182 g/mol. The highest BCUT2D eigenvalue weighted by Gasteiger charge is 2.01. The Bertz CT molecular complexity index is 360. The molecule has 0 fully saturated rings. The number of aldehydes is 1. The molecule has 0 saturated heterocycles. The number of hydrogen-bond acceptors (Lipinski definition) is 3. The molecule has 0 bridgehead atoms. The molecule has 0 aromatic heterocycles. The monoisotopic (exact) mass is 193 g/mol. The summed E-state index contributed by atoms with van der Waals surface area (Å²) >= 11 is 0. The first-order valence-corrected chi connectivity index (χ1v) is 4.07. The van der Waals surface area contributed by atoms with Gasteiger partial charge in [0.05, 0.1) is 7.11 Å². The van der Waals surface area contributed by atoms with Gasteiger partial charge in [0.1, 0.15) is 12.0 Å². The van der Waals surface area contributed by atoms with Gasteiger partial charge in [0.15, 0.2) is 0 Å². The molecule has 1 rings (SSSR count). The number of ether oxygens (including phenoxy) is 1. The van der Waals surface area contributed by atoms with Crippen LogP contribution in [-0.2, 0) is 4.79 Å². The quantitative estimate of drug-likeness (QED) is 0.739. The fraction of sp³-hybridized carbons (Fsp3) is 0.200. The number of carbonyl (C=O) groups excluding carboxylic acids is 2. The Morgan fingerprint density at radius 3 is 2.64 bits per heavy atom. The highest BCUT2D eigenvalue weighted by Crippen LogP contribution is 2.19. The first kappa shape index (κ1) is 10.2. The summed E-state index contributed by atoms with van der Waals surface area (Å²) in [6.45, 7) is 1.40. The summed E-state index contributed by atoms with van der Waals surface area (Å²) in [5.74, 6) is 0.355. The van der Waals surface area contributed by atoms with E-state index in [-0.39, 0.29) is 5.91 Å². The second kappa shape index (κ2) is 4.41. The predicted octanol–water partition coefficient (Wildman–Crippen LogP) is 1.47. The van der Waals surface area contributed by atoms with Crippen molar-refractivity contribution < 1.29 is 14.3 Å². The van der Waals surface area contributed by atoms with Gasteiger partial charge in [-0.15, -0.1) is 0 Å². The third-order valence-corrected chi connectivity index (χ3v) is 1.62. The van der Waals surface area contributed by atoms with Crippen molar-refractivity contribution in [2.24, 2.45) is 0 Å². The number of amides is 1. The fourth-order valence-electron chi connectivity index (χ4n) is 1.08. The lowest BCUT2D eigenvalue weighted by atomic mass is 10.2. The SMILES string of the molecule is COc1cc(C=O)cc(NC(C)=O)c1. The van der Waals surface area contributed by atoms with Crippen molar-refractivity contribution in [2.75, 3.05) is 12.4 Å². The van der Waals surface area contributed by atoms with Gasteiger partial charge in [-0.2, -0.15) is 0 Å². The summed E-state index contributed by atoms with van der Waals surface area (Å²) in [5, 5.41) is 2.58. The predicted molar refractivity (Wildman–Crippen MR) is 52.7 cm³/mol. The molecule has 0 unspecified atom stereocenters. The van der Waals surface area contributed by atoms with E-state index in [1.165, 1.54) is 14.0 Å². The second-order valence-corrected chi connectivity index (χ2v) is 2.79. The number of anilines is 1. The van der Waals surface area contributed by atoms with Gasteiger partial charge >= 0.3 is 0 Å². The molecule has 0 aliphatic heterocycles. The number of hydrogen-bond donors (Lipinski definition) is 1. The van der Waals surface area contributed by atoms with Crippen LogP contribution in [0.5, 0.6) is 5.75 Å². The molecule has 0 radical (unpaired) electrons. The lowest BCUT2D eigenvalue weighted by molar-refractivity contribution is -0.114. The molecule has 0 saturated carbocycles. The van der Waals surface area contributed by atoms with Gasteiger partial charge in [-0.05, 0) is 12.1 Å². The lowest BCUT2D eigenvalue weighted by Crippen LogP contribution is -2.06. The van der Waals surface area contributed by atoms with E-state index in [9.17, 15) is 9.59 Å². The third-order valence-electron chi connectivity index (χ3n) is 1.62. The molecule has 4 nitrogen and oxygen atoms in total. The maximum atomic E-state index is 10.8. The average molecular weight is 193 g/mol. The minimum Gasteiger partial charge on any atom is -0.497 e. The summed E-state index contributed by atoms with van der Waals surface area (Å²) in [5.41, 5.74) is 1.02. The molecule has 0 atom stereocenters. The van der Waals surface area contributed by atoms with Crippen LogP contribution in [0.1, 0.15) is 17.3 Å². The van der Waals surface area contributed by atoms with Crippen LogP contribution in [0, 0.1) is 0 Å². The summed E-state index contributed by atoms with van der Waals surface area (Å²) in [4.78, 5) is 21.3. The number of nitrogens with one attached hydrogen (secondary N) is 1. The third kappa shape index (κ3) is 2.58. The Labute approximate surface area is 81.9 Å². The minimum absolute atomic E-state index is 0.185. The molecule has 1 aromatic carbocycles. The van der Waals surface area contributed by atoms with E-state index in [1.54, 1.807) is 18.2 Å². The molecule has 1 N–H and O–H groups in total. The zero-order valence-electron chi connectivity index (χ0n) is 8.03. The molecular formula is C10H11NO3. The van der Waals surface area contributed by atoms with Gasteiger partial charge in [-0.25, -0.2) is 0 Å². The molecule has 1 aromatic rings. The maximum absolute atomic E-state index is 10.8. The molecule has 14 heavy (non-hydrogen) atoms. The van der Waals surface area contributed by atoms with Gasteiger partial charge < -0.3 is 10.1 Å². The average Bonchev–Trinajstić information content (AvgIpc) is 2.16. The second-order valence-electron chi connectivity index (χ2n) is 2.79. The highest BCUT2D eigenvalue weighted by atomic mass is 16.5. The Morgan fingerprint density at radius 2 is 2.14 bits per heavy atom. The van der Waals surface area contributed by atoms with E-state index in [1.807, 2.05) is 0 Å². The van der Waals surface area contributed by atoms with Crippen molar-refractivity contribution in [2.45, 2.75) is 6.92 Å². The van der Waals surface area contributed by atoms with E-state index in [0.29, 0.717) is 23.3 Å². The van der Waals surface area contributed by atoms with Crippen molar-refractivity contribution in [3.8, 4) is 5.75 Å². The number of rotatable bonds is 3. The van der Waals surface area contributed by atoms with Gasteiger partial charge in [-0.1, -0.05) is 0 Å². The highest BCUT2D eigenvalue weighted by molar-refractivity contribution is 5.90. The largest absolute Gasteiger partial charge is 0.497 e. The molecule has 74 valence electrons. The topological polar surface area (TPSA) is 55.4 Å². The Hall–Kier alpha value is -1.84. The van der Waals surface area contributed by atoms with Crippen molar-refractivity contribution in [3.05, 3.63) is 23.8 Å². The smallest absolute Gasteiger partial charge is 0.221 e. The number of carbonyl (C=O) groups is 2. The molecule has 4 heteroatoms. The molecule has 0 aliphatic rings. The number of methoxy groups -OCH3 is 1. The van der Waals surface area contributed by atoms with Crippen LogP contribution in [0.3, 0.4) is 0 Å². The summed E-state index contributed by atoms with van der Waals surface area (Å²) in [6, 6.07) is 4.82. The summed E-state index contributed by atoms with van der Waals surface area (Å²) in [6.07, 6.45) is 0.702. The van der Waals surface area contributed by atoms with E-state index >= 15 is 0 Å². The normalized spacial score (nSPS) is 9.29. The zero-order valence-corrected chi connectivity index (χ0v) is 8.03. The summed E-state index contributed by atoms with van der Waals surface area (Å²) < 4.78 is 4.97. The van der Waals surface area contributed by atoms with E-state index in [4.69, 9.17) is 4.74 Å². The van der Waals surface area contributed by atoms with Crippen molar-refractivity contribution in [1.29, 1.82) is 0 Å². The van der Waals surface area contributed by atoms with E-state index < -0.39 is 0 Å². The van der Waals surface area contributed by atoms with Crippen LogP contribution in [0.4, 0.5) is 5.69 Å². The zero-order chi connectivity index (χ0) is 10.6. The van der Waals surface area contributed by atoms with Gasteiger partial charge in [-0.3, -0.25) is 9.59 Å². The van der Waals surface area contributed by atoms with Crippen LogP contribution in [0.15, 0.2) is 18.2 Å². The van der Waals surface area contributed by atoms with Gasteiger partial charge in [0.2, 0.25) is 5.91 Å². The van der Waals surface area contributed by atoms with Crippen LogP contribution >= 0.6 is 0 Å². The van der Waals surface area contributed by atoms with Crippen LogP contribution in [0.2, 0.25) is 0 Å². The number of benzene rings is 1. The molecule has 1 amide bonds. The Morgan fingerprint density at radius 1 is 1.43 bits per heavy atom. The maximum Gasteiger partial charge on any atom is 0.221 e. The van der Waals surface area contributed by atoms with Gasteiger partial charge in [0, 0.05) is 24.2 Å². The Kier molecular flexibility index (Phi) is 3.23. The molecule has 0 spiro atoms. The van der Waals surface area contributed by atoms with Crippen LogP contribution in [-0.4, -0.2) is 19.3 Å². The van der Waals surface area contributed by atoms with E-state index in [2.05, 4.69) is 5.32 Å². The molecule has 0 aliphatic carbocycles. The fourth-order valence-corrected chi connectivity index (χ4v) is 1.08. The van der Waals surface area contributed by atoms with Crippen molar-refractivity contribution >= 4 is 17.9 Å². The first-order chi connectivity index (χ1) is 6.65. The standard InChI is InChI=1S/C10H11NO3/c1-7(13)11-9-3-8(6-12)4-10(5-9)14-2/h3-6H,1-2H3,(H,11,13). The van der Waals surface area contributed by atoms with E-state index in [0.717, 1.165) is 0 Å². The lowest BCUT2D eigenvalue weighted by Gasteiger charge is -2.06. The molecule has 0 heterocycles. The van der Waals surface area contributed by atoms with Gasteiger partial charge in [0.25, 0.3) is 0 Å². The van der Waals surface area contributed by atoms with Crippen molar-refractivity contribution in [3.63, 3.8) is 0 Å². The first-order valence-electron chi connectivity index (χ1n) is 4.07. The van der Waals surface area contributed by atoms with Crippen LogP contribution in [0.25, 0.3) is 0 Å². The summed E-state index contributed by atoms with van der Waals surface area (Å²) in [7, 11) is 1.50. The van der Waals surface area contributed by atoms with Crippen molar-refractivity contribution in [1.82, 2.24) is 0 Å². The van der Waals surface area contributed by atoms with Crippen LogP contribution < -0.4 is 10.1 Å². The minimum atomic E-state index is -0.185.